The molecule has 2 fully saturated rings. The van der Waals surface area contributed by atoms with E-state index in [4.69, 9.17) is 19.4 Å². The zero-order valence-corrected chi connectivity index (χ0v) is 26.2. The van der Waals surface area contributed by atoms with Crippen LogP contribution in [0.1, 0.15) is 51.3 Å². The van der Waals surface area contributed by atoms with Crippen molar-refractivity contribution in [3.8, 4) is 12.1 Å². The normalized spacial score (nSPS) is 20.8. The summed E-state index contributed by atoms with van der Waals surface area (Å²) in [6, 6.07) is 11.1. The summed E-state index contributed by atoms with van der Waals surface area (Å²) in [6.45, 7) is 10.1. The fraction of sp³-hybridized carbons (Fsp3) is 0.545. The van der Waals surface area contributed by atoms with Crippen molar-refractivity contribution in [3.05, 3.63) is 47.9 Å². The number of likely N-dealkylation sites (N-methyl/N-ethyl adjacent to an activating group) is 1. The number of anilines is 2. The molecule has 2 saturated heterocycles. The molecular weight excluding hydrogens is 556 g/mol. The number of amides is 1. The van der Waals surface area contributed by atoms with Gasteiger partial charge in [-0.2, -0.15) is 15.2 Å². The lowest BCUT2D eigenvalue weighted by Crippen LogP contribution is -2.56. The minimum Gasteiger partial charge on any atom is -0.462 e. The summed E-state index contributed by atoms with van der Waals surface area (Å²) in [6.07, 6.45) is 6.60. The highest BCUT2D eigenvalue weighted by Crippen LogP contribution is 2.35. The van der Waals surface area contributed by atoms with Crippen LogP contribution in [0.4, 0.5) is 16.3 Å². The van der Waals surface area contributed by atoms with Gasteiger partial charge in [0, 0.05) is 66.6 Å². The number of hydrogen-bond donors (Lipinski definition) is 0. The van der Waals surface area contributed by atoms with E-state index in [1.165, 1.54) is 11.8 Å². The van der Waals surface area contributed by atoms with Gasteiger partial charge in [-0.15, -0.1) is 0 Å². The number of fused-ring (bicyclic) bond motifs is 2. The molecule has 0 bridgehead atoms. The Kier molecular flexibility index (Phi) is 8.45. The Morgan fingerprint density at radius 3 is 2.73 bits per heavy atom. The summed E-state index contributed by atoms with van der Waals surface area (Å²) in [7, 11) is 2.14. The lowest BCUT2D eigenvalue weighted by molar-refractivity contribution is 0.0144. The highest BCUT2D eigenvalue weighted by Gasteiger charge is 2.36. The fourth-order valence-corrected chi connectivity index (χ4v) is 6.55. The van der Waals surface area contributed by atoms with Crippen LogP contribution in [0.5, 0.6) is 6.01 Å². The molecule has 11 heteroatoms. The Balaban J connectivity index is 1.30. The third-order valence-electron chi connectivity index (χ3n) is 8.83. The number of benzene rings is 1. The van der Waals surface area contributed by atoms with E-state index in [-0.39, 0.29) is 18.6 Å². The molecule has 0 radical (unpaired) electrons. The highest BCUT2D eigenvalue weighted by atomic mass is 16.6. The van der Waals surface area contributed by atoms with Crippen LogP contribution in [0.15, 0.2) is 36.7 Å². The molecule has 0 saturated carbocycles. The quantitative estimate of drug-likeness (QED) is 0.405. The first kappa shape index (κ1) is 29.9. The van der Waals surface area contributed by atoms with Gasteiger partial charge in [-0.1, -0.05) is 12.1 Å². The van der Waals surface area contributed by atoms with Gasteiger partial charge in [0.2, 0.25) is 0 Å². The topological polar surface area (TPSA) is 111 Å². The maximum atomic E-state index is 13.0. The summed E-state index contributed by atoms with van der Waals surface area (Å²) < 4.78 is 12.0. The van der Waals surface area contributed by atoms with E-state index in [1.807, 2.05) is 33.2 Å². The fourth-order valence-electron chi connectivity index (χ4n) is 6.55. The summed E-state index contributed by atoms with van der Waals surface area (Å²) in [4.78, 5) is 35.9. The zero-order chi connectivity index (χ0) is 30.8. The molecule has 1 amide bonds. The van der Waals surface area contributed by atoms with Crippen LogP contribution in [-0.4, -0.2) is 94.9 Å². The minimum atomic E-state index is -0.608. The van der Waals surface area contributed by atoms with E-state index in [0.717, 1.165) is 54.1 Å². The van der Waals surface area contributed by atoms with Crippen molar-refractivity contribution in [3.63, 3.8) is 0 Å². The summed E-state index contributed by atoms with van der Waals surface area (Å²) in [5.74, 6) is 0.846. The number of nitrogens with zero attached hydrogens (tertiary/aromatic N) is 8. The molecule has 3 aromatic rings. The van der Waals surface area contributed by atoms with Crippen molar-refractivity contribution >= 4 is 28.4 Å². The standard InChI is InChI=1S/C33H42N8O3/c1-33(2,3)44-32(42)41-18-17-40(20-24(41)10-13-34)30-27-12-16-39(29-9-5-7-23-19-35-14-11-26(23)29)21-28(27)36-31(37-30)43-22-25-8-6-15-38(25)4/h5,7,9,11,14,19,24-25H,6,8,10,12,15-18,20-22H2,1-4H3/t24?,25-/m0/s1. The predicted molar refractivity (Wildman–Crippen MR) is 169 cm³/mol. The summed E-state index contributed by atoms with van der Waals surface area (Å²) >= 11 is 0. The van der Waals surface area contributed by atoms with E-state index in [9.17, 15) is 10.1 Å². The number of pyridine rings is 1. The first-order chi connectivity index (χ1) is 21.2. The van der Waals surface area contributed by atoms with Gasteiger partial charge in [0.1, 0.15) is 18.0 Å². The average molecular weight is 599 g/mol. The maximum Gasteiger partial charge on any atom is 0.410 e. The Labute approximate surface area is 259 Å². The van der Waals surface area contributed by atoms with E-state index in [0.29, 0.717) is 44.8 Å². The largest absolute Gasteiger partial charge is 0.462 e. The molecular formula is C33H42N8O3. The van der Waals surface area contributed by atoms with Crippen molar-refractivity contribution in [2.75, 3.05) is 56.2 Å². The average Bonchev–Trinajstić information content (AvgIpc) is 3.42. The summed E-state index contributed by atoms with van der Waals surface area (Å²) in [5, 5.41) is 11.9. The number of aromatic nitrogens is 3. The number of hydrogen-bond acceptors (Lipinski definition) is 10. The molecule has 6 rings (SSSR count). The maximum absolute atomic E-state index is 13.0. The third-order valence-corrected chi connectivity index (χ3v) is 8.83. The van der Waals surface area contributed by atoms with Gasteiger partial charge in [0.05, 0.1) is 30.8 Å². The molecule has 11 nitrogen and oxygen atoms in total. The second-order valence-electron chi connectivity index (χ2n) is 13.0. The first-order valence-electron chi connectivity index (χ1n) is 15.6. The molecule has 3 aliphatic heterocycles. The number of carbonyl (C=O) groups is 1. The van der Waals surface area contributed by atoms with E-state index in [1.54, 1.807) is 4.90 Å². The van der Waals surface area contributed by atoms with Gasteiger partial charge in [0.15, 0.2) is 0 Å². The molecule has 0 N–H and O–H groups in total. The van der Waals surface area contributed by atoms with Gasteiger partial charge in [-0.05, 0) is 65.8 Å². The molecule has 1 unspecified atom stereocenters. The lowest BCUT2D eigenvalue weighted by atomic mass is 10.0. The van der Waals surface area contributed by atoms with E-state index in [2.05, 4.69) is 57.1 Å². The molecule has 3 aliphatic rings. The number of ether oxygens (including phenoxy) is 2. The first-order valence-corrected chi connectivity index (χ1v) is 15.6. The van der Waals surface area contributed by atoms with Crippen molar-refractivity contribution in [1.29, 1.82) is 5.26 Å². The van der Waals surface area contributed by atoms with Crippen molar-refractivity contribution in [2.24, 2.45) is 0 Å². The zero-order valence-electron chi connectivity index (χ0n) is 26.2. The molecule has 2 atom stereocenters. The van der Waals surface area contributed by atoms with Crippen LogP contribution in [0, 0.1) is 11.3 Å². The highest BCUT2D eigenvalue weighted by molar-refractivity contribution is 5.93. The van der Waals surface area contributed by atoms with E-state index < -0.39 is 5.60 Å². The summed E-state index contributed by atoms with van der Waals surface area (Å²) in [5.41, 5.74) is 2.61. The molecule has 5 heterocycles. The molecule has 2 aromatic heterocycles. The van der Waals surface area contributed by atoms with Crippen LogP contribution in [-0.2, 0) is 17.7 Å². The SMILES string of the molecule is CN1CCC[C@H]1COc1nc2c(c(N3CCN(C(=O)OC(C)(C)C)C(CC#N)C3)n1)CCN(c1cccc3cnccc13)C2. The minimum absolute atomic E-state index is 0.212. The molecule has 0 aliphatic carbocycles. The van der Waals surface area contributed by atoms with Crippen molar-refractivity contribution < 1.29 is 14.3 Å². The van der Waals surface area contributed by atoms with Crippen LogP contribution in [0.2, 0.25) is 0 Å². The number of nitriles is 1. The Morgan fingerprint density at radius 2 is 1.95 bits per heavy atom. The predicted octanol–water partition coefficient (Wildman–Crippen LogP) is 4.40. The lowest BCUT2D eigenvalue weighted by Gasteiger charge is -2.42. The van der Waals surface area contributed by atoms with Crippen LogP contribution < -0.4 is 14.5 Å². The monoisotopic (exact) mass is 598 g/mol. The molecule has 232 valence electrons. The van der Waals surface area contributed by atoms with Gasteiger partial charge in [0.25, 0.3) is 0 Å². The van der Waals surface area contributed by atoms with Gasteiger partial charge >= 0.3 is 12.1 Å². The number of carbonyl (C=O) groups excluding carboxylic acids is 1. The van der Waals surface area contributed by atoms with E-state index >= 15 is 0 Å². The second kappa shape index (κ2) is 12.4. The Bertz CT molecular complexity index is 1550. The van der Waals surface area contributed by atoms with Crippen LogP contribution in [0.3, 0.4) is 0 Å². The number of likely N-dealkylation sites (tertiary alicyclic amines) is 1. The Hall–Kier alpha value is -4.17. The second-order valence-corrected chi connectivity index (χ2v) is 13.0. The Morgan fingerprint density at radius 1 is 1.09 bits per heavy atom. The van der Waals surface area contributed by atoms with Crippen LogP contribution in [0.25, 0.3) is 10.8 Å². The van der Waals surface area contributed by atoms with Crippen molar-refractivity contribution in [1.82, 2.24) is 24.8 Å². The third kappa shape index (κ3) is 6.36. The van der Waals surface area contributed by atoms with Crippen LogP contribution >= 0.6 is 0 Å². The number of rotatable bonds is 6. The number of piperazine rings is 1. The van der Waals surface area contributed by atoms with Gasteiger partial charge in [-0.3, -0.25) is 4.98 Å². The smallest absolute Gasteiger partial charge is 0.410 e. The molecule has 0 spiro atoms. The molecule has 1 aromatic carbocycles. The van der Waals surface area contributed by atoms with Gasteiger partial charge < -0.3 is 29.1 Å². The van der Waals surface area contributed by atoms with Gasteiger partial charge in [-0.25, -0.2) is 4.79 Å². The molecule has 44 heavy (non-hydrogen) atoms. The van der Waals surface area contributed by atoms with Crippen molar-refractivity contribution in [2.45, 2.75) is 70.7 Å².